The maximum absolute atomic E-state index is 4.60. The van der Waals surface area contributed by atoms with E-state index in [1.54, 1.807) is 27.7 Å². The Kier molecular flexibility index (Phi) is 10.0. The van der Waals surface area contributed by atoms with E-state index in [9.17, 15) is 0 Å². The van der Waals surface area contributed by atoms with E-state index >= 15 is 0 Å². The van der Waals surface area contributed by atoms with Gasteiger partial charge in [0.1, 0.15) is 21.7 Å². The highest BCUT2D eigenvalue weighted by atomic mass is 32.1. The van der Waals surface area contributed by atoms with Gasteiger partial charge in [-0.3, -0.25) is 0 Å². The maximum atomic E-state index is 4.60. The van der Waals surface area contributed by atoms with Gasteiger partial charge in [-0.25, -0.2) is 9.97 Å². The SMILES string of the molecule is Cc1noc(C)n1.Cc1noc(C)n1.Cc1nsc(C)n1.Cc1nsc(C)n1. The minimum absolute atomic E-state index is 0.623. The average molecular weight is 425 g/mol. The second-order valence-electron chi connectivity index (χ2n) is 5.44. The molecule has 4 aromatic heterocycles. The van der Waals surface area contributed by atoms with Crippen molar-refractivity contribution in [2.45, 2.75) is 55.4 Å². The van der Waals surface area contributed by atoms with Gasteiger partial charge in [0, 0.05) is 13.8 Å². The smallest absolute Gasteiger partial charge is 0.223 e. The topological polar surface area (TPSA) is 129 Å². The van der Waals surface area contributed by atoms with Crippen LogP contribution in [0.3, 0.4) is 0 Å². The summed E-state index contributed by atoms with van der Waals surface area (Å²) in [6.07, 6.45) is 0. The second kappa shape index (κ2) is 12.0. The van der Waals surface area contributed by atoms with Crippen molar-refractivity contribution in [2.75, 3.05) is 0 Å². The molecule has 4 heterocycles. The predicted molar refractivity (Wildman–Crippen MR) is 106 cm³/mol. The lowest BCUT2D eigenvalue weighted by Crippen LogP contribution is -1.70. The number of rotatable bonds is 0. The van der Waals surface area contributed by atoms with Crippen molar-refractivity contribution in [1.82, 2.24) is 39.0 Å². The van der Waals surface area contributed by atoms with E-state index in [-0.39, 0.29) is 0 Å². The van der Waals surface area contributed by atoms with Crippen molar-refractivity contribution < 1.29 is 9.05 Å². The van der Waals surface area contributed by atoms with Crippen LogP contribution in [0.5, 0.6) is 0 Å². The van der Waals surface area contributed by atoms with Gasteiger partial charge in [-0.05, 0) is 64.6 Å². The van der Waals surface area contributed by atoms with E-state index in [4.69, 9.17) is 0 Å². The lowest BCUT2D eigenvalue weighted by molar-refractivity contribution is 0.389. The maximum Gasteiger partial charge on any atom is 0.223 e. The largest absolute Gasteiger partial charge is 0.340 e. The van der Waals surface area contributed by atoms with Gasteiger partial charge < -0.3 is 9.05 Å². The van der Waals surface area contributed by atoms with Crippen LogP contribution in [0.25, 0.3) is 0 Å². The number of nitrogens with zero attached hydrogens (tertiary/aromatic N) is 8. The van der Waals surface area contributed by atoms with Crippen molar-refractivity contribution in [1.29, 1.82) is 0 Å². The Balaban J connectivity index is 0.000000187. The molecule has 0 saturated carbocycles. The quantitative estimate of drug-likeness (QED) is 0.412. The molecule has 0 aliphatic carbocycles. The molecule has 0 aliphatic heterocycles. The van der Waals surface area contributed by atoms with Crippen LogP contribution in [0.4, 0.5) is 0 Å². The number of hydrogen-bond donors (Lipinski definition) is 0. The van der Waals surface area contributed by atoms with E-state index in [2.05, 4.69) is 48.0 Å². The third-order valence-electron chi connectivity index (χ3n) is 2.52. The van der Waals surface area contributed by atoms with Gasteiger partial charge in [-0.15, -0.1) is 0 Å². The molecule has 0 fully saturated rings. The highest BCUT2D eigenvalue weighted by Gasteiger charge is 1.91. The molecule has 12 heteroatoms. The zero-order valence-electron chi connectivity index (χ0n) is 17.2. The minimum Gasteiger partial charge on any atom is -0.340 e. The highest BCUT2D eigenvalue weighted by molar-refractivity contribution is 7.05. The average Bonchev–Trinajstić information content (AvgIpc) is 3.37. The van der Waals surface area contributed by atoms with Gasteiger partial charge in [0.15, 0.2) is 11.6 Å². The van der Waals surface area contributed by atoms with E-state index in [1.807, 2.05) is 27.7 Å². The van der Waals surface area contributed by atoms with Crippen LogP contribution >= 0.6 is 23.1 Å². The Bertz CT molecular complexity index is 725. The summed E-state index contributed by atoms with van der Waals surface area (Å²) in [5.74, 6) is 4.38. The van der Waals surface area contributed by atoms with Crippen LogP contribution in [0.2, 0.25) is 0 Å². The Hall–Kier alpha value is -2.60. The first-order chi connectivity index (χ1) is 13.2. The molecule has 0 aliphatic rings. The summed E-state index contributed by atoms with van der Waals surface area (Å²) in [6, 6.07) is 0. The summed E-state index contributed by atoms with van der Waals surface area (Å²) >= 11 is 2.89. The zero-order chi connectivity index (χ0) is 21.1. The van der Waals surface area contributed by atoms with Gasteiger partial charge in [0.25, 0.3) is 0 Å². The molecule has 10 nitrogen and oxygen atoms in total. The Labute approximate surface area is 171 Å². The normalized spacial score (nSPS) is 9.43. The Morgan fingerprint density at radius 3 is 0.929 bits per heavy atom. The summed E-state index contributed by atoms with van der Waals surface area (Å²) in [4.78, 5) is 15.7. The second-order valence-corrected chi connectivity index (χ2v) is 7.35. The molecule has 152 valence electrons. The molecule has 0 radical (unpaired) electrons. The fraction of sp³-hybridized carbons (Fsp3) is 0.500. The summed E-state index contributed by atoms with van der Waals surface area (Å²) in [7, 11) is 0. The molecule has 0 atom stereocenters. The molecular formula is C16H24N8O2S2. The molecule has 0 unspecified atom stereocenters. The van der Waals surface area contributed by atoms with Gasteiger partial charge in [-0.1, -0.05) is 10.3 Å². The third-order valence-corrected chi connectivity index (χ3v) is 3.94. The third kappa shape index (κ3) is 10.5. The zero-order valence-corrected chi connectivity index (χ0v) is 18.8. The first-order valence-electron chi connectivity index (χ1n) is 8.23. The molecule has 4 rings (SSSR count). The molecule has 28 heavy (non-hydrogen) atoms. The monoisotopic (exact) mass is 424 g/mol. The van der Waals surface area contributed by atoms with E-state index in [0.717, 1.165) is 21.7 Å². The Morgan fingerprint density at radius 2 is 0.857 bits per heavy atom. The van der Waals surface area contributed by atoms with Gasteiger partial charge in [-0.2, -0.15) is 18.7 Å². The molecular weight excluding hydrogens is 400 g/mol. The first-order valence-corrected chi connectivity index (χ1v) is 9.78. The van der Waals surface area contributed by atoms with Crippen LogP contribution in [0.15, 0.2) is 9.05 Å². The van der Waals surface area contributed by atoms with Crippen LogP contribution in [-0.4, -0.2) is 39.0 Å². The molecule has 0 amide bonds. The summed E-state index contributed by atoms with van der Waals surface area (Å²) < 4.78 is 17.1. The molecule has 0 aromatic carbocycles. The van der Waals surface area contributed by atoms with Gasteiger partial charge >= 0.3 is 0 Å². The fourth-order valence-corrected chi connectivity index (χ4v) is 2.56. The molecule has 4 aromatic rings. The van der Waals surface area contributed by atoms with E-state index in [1.165, 1.54) is 23.1 Å². The molecule has 0 bridgehead atoms. The van der Waals surface area contributed by atoms with E-state index in [0.29, 0.717) is 23.4 Å². The van der Waals surface area contributed by atoms with Crippen LogP contribution < -0.4 is 0 Å². The van der Waals surface area contributed by atoms with E-state index < -0.39 is 0 Å². The lowest BCUT2D eigenvalue weighted by Gasteiger charge is -1.67. The van der Waals surface area contributed by atoms with Crippen LogP contribution in [-0.2, 0) is 0 Å². The molecule has 0 spiro atoms. The van der Waals surface area contributed by atoms with Crippen molar-refractivity contribution in [3.63, 3.8) is 0 Å². The first kappa shape index (κ1) is 23.4. The number of hydrogen-bond acceptors (Lipinski definition) is 12. The molecule has 0 N–H and O–H groups in total. The number of aromatic nitrogens is 8. The lowest BCUT2D eigenvalue weighted by atomic mass is 10.7. The van der Waals surface area contributed by atoms with Crippen molar-refractivity contribution in [2.24, 2.45) is 0 Å². The molecule has 0 saturated heterocycles. The van der Waals surface area contributed by atoms with Crippen molar-refractivity contribution >= 4 is 23.1 Å². The standard InChI is InChI=1S/2C4H6N2O.2C4H6N2S/c4*1-3-5-4(2)7-6-3/h4*1-2H3. The Morgan fingerprint density at radius 1 is 0.500 bits per heavy atom. The summed E-state index contributed by atoms with van der Waals surface area (Å²) in [6.45, 7) is 14.8. The van der Waals surface area contributed by atoms with Crippen molar-refractivity contribution in [3.8, 4) is 0 Å². The summed E-state index contributed by atoms with van der Waals surface area (Å²) in [5, 5.41) is 9.14. The van der Waals surface area contributed by atoms with Crippen molar-refractivity contribution in [3.05, 3.63) is 45.1 Å². The highest BCUT2D eigenvalue weighted by Crippen LogP contribution is 1.99. The fourth-order valence-electron chi connectivity index (χ4n) is 1.60. The van der Waals surface area contributed by atoms with Gasteiger partial charge in [0.2, 0.25) is 11.8 Å². The minimum atomic E-state index is 0.623. The van der Waals surface area contributed by atoms with Crippen LogP contribution in [0, 0.1) is 55.4 Å². The summed E-state index contributed by atoms with van der Waals surface area (Å²) in [5.41, 5.74) is 0. The van der Waals surface area contributed by atoms with Crippen LogP contribution in [0.1, 0.15) is 45.1 Å². The number of aryl methyl sites for hydroxylation is 8. The predicted octanol–water partition coefficient (Wildman–Crippen LogP) is 3.68. The van der Waals surface area contributed by atoms with Gasteiger partial charge in [0.05, 0.1) is 0 Å².